The van der Waals surface area contributed by atoms with E-state index in [0.29, 0.717) is 17.0 Å². The molecule has 3 N–H and O–H groups in total. The number of carbonyl (C=O) groups is 1. The van der Waals surface area contributed by atoms with Crippen LogP contribution in [-0.2, 0) is 4.74 Å². The molecule has 0 bridgehead atoms. The molecule has 5 heteroatoms. The van der Waals surface area contributed by atoms with Crippen molar-refractivity contribution in [2.75, 3.05) is 20.0 Å². The van der Waals surface area contributed by atoms with Crippen LogP contribution in [0.4, 0.5) is 5.69 Å². The quantitative estimate of drug-likeness (QED) is 0.787. The first-order chi connectivity index (χ1) is 8.63. The maximum atomic E-state index is 12.0. The molecule has 0 saturated heterocycles. The van der Waals surface area contributed by atoms with Gasteiger partial charge in [-0.3, -0.25) is 4.79 Å². The Balaban J connectivity index is 1.97. The molecule has 0 atom stereocenters. The molecule has 0 radical (unpaired) electrons. The average Bonchev–Trinajstić information content (AvgIpc) is 2.33. The third-order valence-electron chi connectivity index (χ3n) is 3.26. The van der Waals surface area contributed by atoms with Gasteiger partial charge >= 0.3 is 0 Å². The molecule has 1 amide bonds. The van der Waals surface area contributed by atoms with Gasteiger partial charge in [0.1, 0.15) is 5.75 Å². The van der Waals surface area contributed by atoms with Crippen LogP contribution < -0.4 is 15.8 Å². The van der Waals surface area contributed by atoms with E-state index in [1.54, 1.807) is 25.3 Å². The van der Waals surface area contributed by atoms with Crippen LogP contribution in [0.15, 0.2) is 18.2 Å². The van der Waals surface area contributed by atoms with Crippen molar-refractivity contribution in [3.8, 4) is 5.75 Å². The predicted octanol–water partition coefficient (Wildman–Crippen LogP) is 1.18. The Morgan fingerprint density at radius 3 is 2.72 bits per heavy atom. The molecule has 1 aliphatic carbocycles. The van der Waals surface area contributed by atoms with Gasteiger partial charge in [-0.1, -0.05) is 0 Å². The minimum Gasteiger partial charge on any atom is -0.495 e. The van der Waals surface area contributed by atoms with Gasteiger partial charge in [0, 0.05) is 18.7 Å². The Kier molecular flexibility index (Phi) is 3.72. The summed E-state index contributed by atoms with van der Waals surface area (Å²) in [6.07, 6.45) is 2.01. The summed E-state index contributed by atoms with van der Waals surface area (Å²) in [5.74, 6) is 0.416. The molecule has 0 heterocycles. The van der Waals surface area contributed by atoms with Crippen LogP contribution >= 0.6 is 0 Å². The number of nitrogen functional groups attached to an aromatic ring is 1. The lowest BCUT2D eigenvalue weighted by molar-refractivity contribution is 0.0176. The number of hydrogen-bond donors (Lipinski definition) is 2. The second-order valence-electron chi connectivity index (χ2n) is 4.46. The van der Waals surface area contributed by atoms with E-state index in [-0.39, 0.29) is 18.1 Å². The van der Waals surface area contributed by atoms with Gasteiger partial charge in [-0.05, 0) is 31.0 Å². The van der Waals surface area contributed by atoms with E-state index in [4.69, 9.17) is 15.2 Å². The Morgan fingerprint density at radius 2 is 2.11 bits per heavy atom. The molecule has 1 aliphatic rings. The highest BCUT2D eigenvalue weighted by molar-refractivity contribution is 5.95. The second-order valence-corrected chi connectivity index (χ2v) is 4.46. The molecule has 18 heavy (non-hydrogen) atoms. The van der Waals surface area contributed by atoms with Gasteiger partial charge in [0.05, 0.1) is 18.9 Å². The van der Waals surface area contributed by atoms with Crippen LogP contribution in [0.25, 0.3) is 0 Å². The lowest BCUT2D eigenvalue weighted by atomic mass is 9.89. The van der Waals surface area contributed by atoms with Crippen LogP contribution in [-0.4, -0.2) is 32.3 Å². The fraction of sp³-hybridized carbons (Fsp3) is 0.462. The molecular formula is C13H18N2O3. The zero-order chi connectivity index (χ0) is 13.1. The largest absolute Gasteiger partial charge is 0.495 e. The summed E-state index contributed by atoms with van der Waals surface area (Å²) >= 11 is 0. The van der Waals surface area contributed by atoms with Crippen molar-refractivity contribution in [1.82, 2.24) is 5.32 Å². The number of methoxy groups -OCH3 is 2. The summed E-state index contributed by atoms with van der Waals surface area (Å²) in [5, 5.41) is 2.95. The third-order valence-corrected chi connectivity index (χ3v) is 3.26. The predicted molar refractivity (Wildman–Crippen MR) is 68.7 cm³/mol. The molecule has 0 unspecified atom stereocenters. The smallest absolute Gasteiger partial charge is 0.251 e. The van der Waals surface area contributed by atoms with E-state index in [1.165, 1.54) is 7.11 Å². The van der Waals surface area contributed by atoms with Crippen molar-refractivity contribution in [1.29, 1.82) is 0 Å². The first-order valence-corrected chi connectivity index (χ1v) is 5.91. The van der Waals surface area contributed by atoms with Gasteiger partial charge in [0.25, 0.3) is 5.91 Å². The number of rotatable bonds is 4. The second kappa shape index (κ2) is 5.27. The number of nitrogens with one attached hydrogen (secondary N) is 1. The Bertz CT molecular complexity index is 442. The average molecular weight is 250 g/mol. The first-order valence-electron chi connectivity index (χ1n) is 5.91. The summed E-state index contributed by atoms with van der Waals surface area (Å²) in [5.41, 5.74) is 6.78. The van der Waals surface area contributed by atoms with Gasteiger partial charge in [-0.25, -0.2) is 0 Å². The summed E-state index contributed by atoms with van der Waals surface area (Å²) in [6, 6.07) is 5.22. The number of anilines is 1. The molecule has 5 nitrogen and oxygen atoms in total. The van der Waals surface area contributed by atoms with Crippen molar-refractivity contribution in [2.24, 2.45) is 0 Å². The lowest BCUT2D eigenvalue weighted by Crippen LogP contribution is -2.47. The highest BCUT2D eigenvalue weighted by Gasteiger charge is 2.30. The normalized spacial score (nSPS) is 22.1. The summed E-state index contributed by atoms with van der Waals surface area (Å²) in [7, 11) is 3.22. The summed E-state index contributed by atoms with van der Waals surface area (Å²) in [4.78, 5) is 12.0. The van der Waals surface area contributed by atoms with Crippen LogP contribution in [0.1, 0.15) is 23.2 Å². The number of amides is 1. The third kappa shape index (κ3) is 2.56. The van der Waals surface area contributed by atoms with Gasteiger partial charge in [-0.15, -0.1) is 0 Å². The topological polar surface area (TPSA) is 73.6 Å². The van der Waals surface area contributed by atoms with E-state index in [0.717, 1.165) is 12.8 Å². The van der Waals surface area contributed by atoms with Gasteiger partial charge in [-0.2, -0.15) is 0 Å². The lowest BCUT2D eigenvalue weighted by Gasteiger charge is -2.34. The molecule has 1 saturated carbocycles. The minimum absolute atomic E-state index is 0.104. The molecule has 98 valence electrons. The number of nitrogens with two attached hydrogens (primary N) is 1. The van der Waals surface area contributed by atoms with Crippen molar-refractivity contribution < 1.29 is 14.3 Å². The highest BCUT2D eigenvalue weighted by Crippen LogP contribution is 2.25. The van der Waals surface area contributed by atoms with E-state index < -0.39 is 0 Å². The molecule has 1 aromatic rings. The van der Waals surface area contributed by atoms with E-state index >= 15 is 0 Å². The van der Waals surface area contributed by atoms with Crippen molar-refractivity contribution in [3.05, 3.63) is 23.8 Å². The molecule has 0 spiro atoms. The van der Waals surface area contributed by atoms with Crippen molar-refractivity contribution in [3.63, 3.8) is 0 Å². The zero-order valence-electron chi connectivity index (χ0n) is 10.6. The van der Waals surface area contributed by atoms with E-state index in [1.807, 2.05) is 0 Å². The fourth-order valence-corrected chi connectivity index (χ4v) is 2.00. The summed E-state index contributed by atoms with van der Waals surface area (Å²) < 4.78 is 10.3. The van der Waals surface area contributed by atoms with Crippen LogP contribution in [0.5, 0.6) is 5.75 Å². The molecule has 1 aromatic carbocycles. The monoisotopic (exact) mass is 250 g/mol. The highest BCUT2D eigenvalue weighted by atomic mass is 16.5. The standard InChI is InChI=1S/C13H18N2O3/c1-17-10-6-9(7-10)15-13(16)8-3-4-11(14)12(5-8)18-2/h3-5,9-10H,6-7,14H2,1-2H3,(H,15,16). The van der Waals surface area contributed by atoms with E-state index in [9.17, 15) is 4.79 Å². The molecule has 0 aromatic heterocycles. The van der Waals surface area contributed by atoms with Gasteiger partial charge in [0.15, 0.2) is 0 Å². The van der Waals surface area contributed by atoms with Crippen LogP contribution in [0, 0.1) is 0 Å². The molecule has 1 fully saturated rings. The van der Waals surface area contributed by atoms with Crippen molar-refractivity contribution in [2.45, 2.75) is 25.0 Å². The Morgan fingerprint density at radius 1 is 1.39 bits per heavy atom. The van der Waals surface area contributed by atoms with Crippen molar-refractivity contribution >= 4 is 11.6 Å². The zero-order valence-corrected chi connectivity index (χ0v) is 10.6. The first kappa shape index (κ1) is 12.7. The number of hydrogen-bond acceptors (Lipinski definition) is 4. The number of benzene rings is 1. The van der Waals surface area contributed by atoms with Gasteiger partial charge in [0.2, 0.25) is 0 Å². The Labute approximate surface area is 106 Å². The van der Waals surface area contributed by atoms with E-state index in [2.05, 4.69) is 5.32 Å². The van der Waals surface area contributed by atoms with Crippen LogP contribution in [0.2, 0.25) is 0 Å². The van der Waals surface area contributed by atoms with Gasteiger partial charge < -0.3 is 20.5 Å². The maximum absolute atomic E-state index is 12.0. The SMILES string of the molecule is COc1cc(C(=O)NC2CC(OC)C2)ccc1N. The van der Waals surface area contributed by atoms with Crippen LogP contribution in [0.3, 0.4) is 0 Å². The number of carbonyl (C=O) groups excluding carboxylic acids is 1. The molecular weight excluding hydrogens is 232 g/mol. The minimum atomic E-state index is -0.104. The Hall–Kier alpha value is -1.75. The maximum Gasteiger partial charge on any atom is 0.251 e. The molecule has 2 rings (SSSR count). The summed E-state index contributed by atoms with van der Waals surface area (Å²) in [6.45, 7) is 0. The molecule has 0 aliphatic heterocycles. The fourth-order valence-electron chi connectivity index (χ4n) is 2.00. The number of ether oxygens (including phenoxy) is 2.